The number of hydrogen-bond donors (Lipinski definition) is 1. The molecular weight excluding hydrogens is 330 g/mol. The molecule has 0 saturated carbocycles. The molecule has 21 heavy (non-hydrogen) atoms. The lowest BCUT2D eigenvalue weighted by Gasteiger charge is -2.24. The Kier molecular flexibility index (Phi) is 5.53. The number of rotatable bonds is 5. The van der Waals surface area contributed by atoms with E-state index in [2.05, 4.69) is 21.2 Å². The van der Waals surface area contributed by atoms with E-state index in [-0.39, 0.29) is 18.1 Å². The van der Waals surface area contributed by atoms with Crippen LogP contribution in [0, 0.1) is 0 Å². The number of halogens is 1. The average Bonchev–Trinajstić information content (AvgIpc) is 2.49. The second-order valence-corrected chi connectivity index (χ2v) is 5.76. The molecule has 0 spiro atoms. The molecule has 0 radical (unpaired) electrons. The number of nitrogens with one attached hydrogen (secondary N) is 1. The topological polar surface area (TPSA) is 38.3 Å². The fourth-order valence-corrected chi connectivity index (χ4v) is 2.67. The minimum atomic E-state index is -0.178. The van der Waals surface area contributed by atoms with E-state index in [1.807, 2.05) is 49.4 Å². The third-order valence-corrected chi connectivity index (χ3v) is 3.77. The summed E-state index contributed by atoms with van der Waals surface area (Å²) < 4.78 is 6.42. The van der Waals surface area contributed by atoms with Crippen molar-refractivity contribution in [2.45, 2.75) is 19.1 Å². The standard InChI is InChI=1S/C17H18BrNO2/c1-12(16(21-2)13-7-4-3-5-8-13)19-17(20)14-9-6-10-15(18)11-14/h3-12,16H,1-2H3,(H,19,20). The van der Waals surface area contributed by atoms with Crippen molar-refractivity contribution in [3.8, 4) is 0 Å². The summed E-state index contributed by atoms with van der Waals surface area (Å²) in [5.41, 5.74) is 1.67. The molecule has 1 N–H and O–H groups in total. The van der Waals surface area contributed by atoms with E-state index in [1.54, 1.807) is 19.2 Å². The highest BCUT2D eigenvalue weighted by Crippen LogP contribution is 2.20. The molecule has 0 aliphatic rings. The monoisotopic (exact) mass is 347 g/mol. The van der Waals surface area contributed by atoms with Crippen LogP contribution in [0.3, 0.4) is 0 Å². The SMILES string of the molecule is COC(c1ccccc1)C(C)NC(=O)c1cccc(Br)c1. The molecular formula is C17H18BrNO2. The fourth-order valence-electron chi connectivity index (χ4n) is 2.27. The second kappa shape index (κ2) is 7.38. The maximum absolute atomic E-state index is 12.3. The van der Waals surface area contributed by atoms with Crippen molar-refractivity contribution in [1.82, 2.24) is 5.32 Å². The maximum Gasteiger partial charge on any atom is 0.251 e. The van der Waals surface area contributed by atoms with Gasteiger partial charge in [0.15, 0.2) is 0 Å². The number of carbonyl (C=O) groups is 1. The van der Waals surface area contributed by atoms with Crippen LogP contribution < -0.4 is 5.32 Å². The zero-order chi connectivity index (χ0) is 15.2. The van der Waals surface area contributed by atoms with Gasteiger partial charge in [0.05, 0.1) is 6.04 Å². The largest absolute Gasteiger partial charge is 0.375 e. The number of ether oxygens (including phenoxy) is 1. The second-order valence-electron chi connectivity index (χ2n) is 4.84. The van der Waals surface area contributed by atoms with E-state index in [9.17, 15) is 4.79 Å². The molecule has 3 nitrogen and oxygen atoms in total. The van der Waals surface area contributed by atoms with Crippen LogP contribution in [0.1, 0.15) is 28.9 Å². The van der Waals surface area contributed by atoms with Gasteiger partial charge < -0.3 is 10.1 Å². The van der Waals surface area contributed by atoms with Gasteiger partial charge in [0.2, 0.25) is 0 Å². The predicted octanol–water partition coefficient (Wildman–Crippen LogP) is 3.96. The van der Waals surface area contributed by atoms with Crippen molar-refractivity contribution in [1.29, 1.82) is 0 Å². The molecule has 1 amide bonds. The molecule has 2 rings (SSSR count). The highest BCUT2D eigenvalue weighted by Gasteiger charge is 2.21. The molecule has 0 bridgehead atoms. The molecule has 2 unspecified atom stereocenters. The van der Waals surface area contributed by atoms with Crippen molar-refractivity contribution in [2.24, 2.45) is 0 Å². The first kappa shape index (κ1) is 15.7. The first-order valence-corrected chi connectivity index (χ1v) is 7.55. The van der Waals surface area contributed by atoms with Gasteiger partial charge >= 0.3 is 0 Å². The van der Waals surface area contributed by atoms with Gasteiger partial charge in [-0.25, -0.2) is 0 Å². The average molecular weight is 348 g/mol. The van der Waals surface area contributed by atoms with Crippen molar-refractivity contribution < 1.29 is 9.53 Å². The Hall–Kier alpha value is -1.65. The molecule has 4 heteroatoms. The van der Waals surface area contributed by atoms with Gasteiger partial charge in [-0.3, -0.25) is 4.79 Å². The molecule has 0 aromatic heterocycles. The summed E-state index contributed by atoms with van der Waals surface area (Å²) in [7, 11) is 1.65. The third kappa shape index (κ3) is 4.16. The van der Waals surface area contributed by atoms with Crippen LogP contribution in [-0.2, 0) is 4.74 Å². The summed E-state index contributed by atoms with van der Waals surface area (Å²) in [6.07, 6.45) is -0.178. The van der Waals surface area contributed by atoms with Crippen LogP contribution in [0.25, 0.3) is 0 Å². The summed E-state index contributed by atoms with van der Waals surface area (Å²) in [6.45, 7) is 1.94. The van der Waals surface area contributed by atoms with Crippen LogP contribution in [0.15, 0.2) is 59.1 Å². The zero-order valence-corrected chi connectivity index (χ0v) is 13.6. The van der Waals surface area contributed by atoms with E-state index < -0.39 is 0 Å². The van der Waals surface area contributed by atoms with Crippen LogP contribution in [0.2, 0.25) is 0 Å². The number of benzene rings is 2. The highest BCUT2D eigenvalue weighted by molar-refractivity contribution is 9.10. The van der Waals surface area contributed by atoms with Gasteiger partial charge in [-0.1, -0.05) is 52.3 Å². The van der Waals surface area contributed by atoms with E-state index in [0.717, 1.165) is 10.0 Å². The third-order valence-electron chi connectivity index (χ3n) is 3.28. The first-order chi connectivity index (χ1) is 10.1. The zero-order valence-electron chi connectivity index (χ0n) is 12.0. The Morgan fingerprint density at radius 1 is 1.14 bits per heavy atom. The Balaban J connectivity index is 2.09. The van der Waals surface area contributed by atoms with Crippen LogP contribution in [0.4, 0.5) is 0 Å². The van der Waals surface area contributed by atoms with Crippen LogP contribution >= 0.6 is 15.9 Å². The molecule has 0 heterocycles. The summed E-state index contributed by atoms with van der Waals surface area (Å²) in [5.74, 6) is -0.109. The van der Waals surface area contributed by atoms with E-state index in [0.29, 0.717) is 5.56 Å². The molecule has 0 fully saturated rings. The Morgan fingerprint density at radius 3 is 2.48 bits per heavy atom. The summed E-state index contributed by atoms with van der Waals surface area (Å²) in [4.78, 5) is 12.3. The summed E-state index contributed by atoms with van der Waals surface area (Å²) >= 11 is 3.37. The molecule has 2 atom stereocenters. The van der Waals surface area contributed by atoms with Crippen molar-refractivity contribution in [3.05, 3.63) is 70.2 Å². The lowest BCUT2D eigenvalue weighted by molar-refractivity contribution is 0.0645. The Bertz CT molecular complexity index is 601. The van der Waals surface area contributed by atoms with Gasteiger partial charge in [-0.15, -0.1) is 0 Å². The van der Waals surface area contributed by atoms with E-state index >= 15 is 0 Å². The minimum absolute atomic E-state index is 0.109. The molecule has 110 valence electrons. The predicted molar refractivity (Wildman–Crippen MR) is 87.3 cm³/mol. The van der Waals surface area contributed by atoms with Crippen LogP contribution in [-0.4, -0.2) is 19.1 Å². The molecule has 0 aliphatic heterocycles. The molecule has 0 saturated heterocycles. The quantitative estimate of drug-likeness (QED) is 0.888. The Morgan fingerprint density at radius 2 is 1.86 bits per heavy atom. The summed E-state index contributed by atoms with van der Waals surface area (Å²) in [5, 5.41) is 2.99. The number of amides is 1. The maximum atomic E-state index is 12.3. The number of hydrogen-bond acceptors (Lipinski definition) is 2. The van der Waals surface area contributed by atoms with E-state index in [4.69, 9.17) is 4.74 Å². The lowest BCUT2D eigenvalue weighted by atomic mass is 10.0. The molecule has 0 aliphatic carbocycles. The lowest BCUT2D eigenvalue weighted by Crippen LogP contribution is -2.37. The van der Waals surface area contributed by atoms with Gasteiger partial charge in [-0.2, -0.15) is 0 Å². The fraction of sp³-hybridized carbons (Fsp3) is 0.235. The summed E-state index contributed by atoms with van der Waals surface area (Å²) in [6, 6.07) is 17.1. The van der Waals surface area contributed by atoms with Gasteiger partial charge in [0.1, 0.15) is 6.10 Å². The number of carbonyl (C=O) groups excluding carboxylic acids is 1. The van der Waals surface area contributed by atoms with Gasteiger partial charge in [0, 0.05) is 17.1 Å². The highest BCUT2D eigenvalue weighted by atomic mass is 79.9. The van der Waals surface area contributed by atoms with Crippen molar-refractivity contribution in [3.63, 3.8) is 0 Å². The first-order valence-electron chi connectivity index (χ1n) is 6.76. The smallest absolute Gasteiger partial charge is 0.251 e. The van der Waals surface area contributed by atoms with Gasteiger partial charge in [-0.05, 0) is 30.7 Å². The van der Waals surface area contributed by atoms with E-state index in [1.165, 1.54) is 0 Å². The van der Waals surface area contributed by atoms with Gasteiger partial charge in [0.25, 0.3) is 5.91 Å². The number of methoxy groups -OCH3 is 1. The van der Waals surface area contributed by atoms with Crippen molar-refractivity contribution in [2.75, 3.05) is 7.11 Å². The van der Waals surface area contributed by atoms with Crippen molar-refractivity contribution >= 4 is 21.8 Å². The minimum Gasteiger partial charge on any atom is -0.375 e. The normalized spacial score (nSPS) is 13.5. The molecule has 2 aromatic carbocycles. The Labute approximate surface area is 133 Å². The molecule has 2 aromatic rings. The van der Waals surface area contributed by atoms with Crippen LogP contribution in [0.5, 0.6) is 0 Å².